The quantitative estimate of drug-likeness (QED) is 0.231. The van der Waals surface area contributed by atoms with E-state index in [1.54, 1.807) is 42.6 Å². The van der Waals surface area contributed by atoms with Crippen LogP contribution in [0.1, 0.15) is 11.3 Å². The maximum atomic E-state index is 12.5. The summed E-state index contributed by atoms with van der Waals surface area (Å²) in [5.74, 6) is -0.326. The van der Waals surface area contributed by atoms with Crippen molar-refractivity contribution in [3.05, 3.63) is 83.4 Å². The normalized spacial score (nSPS) is 10.9. The Labute approximate surface area is 222 Å². The van der Waals surface area contributed by atoms with Gasteiger partial charge in [-0.05, 0) is 58.5 Å². The van der Waals surface area contributed by atoms with Crippen LogP contribution in [0.25, 0.3) is 22.9 Å². The van der Waals surface area contributed by atoms with Crippen LogP contribution in [0, 0.1) is 0 Å². The van der Waals surface area contributed by atoms with E-state index in [1.807, 2.05) is 18.2 Å². The molecule has 2 aromatic carbocycles. The van der Waals surface area contributed by atoms with Gasteiger partial charge in [0.15, 0.2) is 0 Å². The predicted octanol–water partition coefficient (Wildman–Crippen LogP) is 3.30. The first-order chi connectivity index (χ1) is 18.5. The van der Waals surface area contributed by atoms with Crippen LogP contribution in [0.15, 0.2) is 67.1 Å². The third-order valence-corrected chi connectivity index (χ3v) is 5.37. The summed E-state index contributed by atoms with van der Waals surface area (Å²) in [4.78, 5) is 24.2. The first-order valence-corrected chi connectivity index (χ1v) is 11.7. The van der Waals surface area contributed by atoms with Crippen molar-refractivity contribution in [1.29, 1.82) is 0 Å². The molecule has 0 saturated heterocycles. The van der Waals surface area contributed by atoms with Crippen molar-refractivity contribution in [3.8, 4) is 16.8 Å². The number of rotatable bonds is 10. The van der Waals surface area contributed by atoms with Crippen molar-refractivity contribution < 1.29 is 19.1 Å². The van der Waals surface area contributed by atoms with Crippen molar-refractivity contribution in [2.75, 3.05) is 25.6 Å². The van der Waals surface area contributed by atoms with E-state index in [-0.39, 0.29) is 19.1 Å². The molecule has 0 aliphatic heterocycles. The summed E-state index contributed by atoms with van der Waals surface area (Å²) in [6.45, 7) is 0.665. The third kappa shape index (κ3) is 7.41. The first-order valence-electron chi connectivity index (χ1n) is 11.4. The molecule has 2 aromatic heterocycles. The summed E-state index contributed by atoms with van der Waals surface area (Å²) in [7, 11) is 1.53. The lowest BCUT2D eigenvalue weighted by atomic mass is 10.1. The minimum Gasteiger partial charge on any atom is -0.447 e. The molecule has 4 rings (SSSR count). The molecule has 0 saturated carbocycles. The van der Waals surface area contributed by atoms with Gasteiger partial charge in [0.05, 0.1) is 30.7 Å². The molecule has 194 valence electrons. The van der Waals surface area contributed by atoms with E-state index >= 15 is 0 Å². The lowest BCUT2D eigenvalue weighted by Gasteiger charge is -2.08. The Morgan fingerprint density at radius 1 is 1.05 bits per heavy atom. The third-order valence-electron chi connectivity index (χ3n) is 5.13. The largest absolute Gasteiger partial charge is 0.447 e. The number of amides is 2. The molecule has 0 aliphatic rings. The average molecular weight is 535 g/mol. The number of aromatic nitrogens is 6. The molecule has 2 heterocycles. The maximum absolute atomic E-state index is 12.5. The molecule has 2 N–H and O–H groups in total. The average Bonchev–Trinajstić information content (AvgIpc) is 3.46. The standard InChI is InChI=1S/C25H23ClN8O4/c1-37-10-11-38-25(36)30-21-6-2-17(3-7-21)19-13-22(31-28-14-19)15-27-24(35)9-4-18-12-20(26)5-8-23(18)34-16-29-32-33-34/h2-9,12-14,16H,10-11,15H2,1H3,(H,27,35)(H,30,36)/b9-4+. The highest BCUT2D eigenvalue weighted by molar-refractivity contribution is 6.30. The maximum Gasteiger partial charge on any atom is 0.411 e. The van der Waals surface area contributed by atoms with Gasteiger partial charge in [-0.2, -0.15) is 14.9 Å². The zero-order valence-corrected chi connectivity index (χ0v) is 21.0. The Morgan fingerprint density at radius 2 is 1.89 bits per heavy atom. The van der Waals surface area contributed by atoms with Gasteiger partial charge >= 0.3 is 6.09 Å². The Kier molecular flexibility index (Phi) is 9.05. The SMILES string of the molecule is COCCOC(=O)Nc1ccc(-c2cnnc(CNC(=O)/C=C/c3cc(Cl)ccc3-n3cnnn3)c2)cc1. The van der Waals surface area contributed by atoms with Gasteiger partial charge in [0.2, 0.25) is 5.91 Å². The number of carbonyl (C=O) groups is 2. The van der Waals surface area contributed by atoms with E-state index in [4.69, 9.17) is 21.1 Å². The van der Waals surface area contributed by atoms with Crippen molar-refractivity contribution in [3.63, 3.8) is 0 Å². The minimum atomic E-state index is -0.561. The number of benzene rings is 2. The lowest BCUT2D eigenvalue weighted by molar-refractivity contribution is -0.116. The van der Waals surface area contributed by atoms with Gasteiger partial charge in [-0.3, -0.25) is 10.1 Å². The highest BCUT2D eigenvalue weighted by Crippen LogP contribution is 2.22. The summed E-state index contributed by atoms with van der Waals surface area (Å²) >= 11 is 6.12. The van der Waals surface area contributed by atoms with Crippen LogP contribution >= 0.6 is 11.6 Å². The van der Waals surface area contributed by atoms with Crippen molar-refractivity contribution in [2.45, 2.75) is 6.54 Å². The number of hydrogen-bond donors (Lipinski definition) is 2. The van der Waals surface area contributed by atoms with Gasteiger partial charge in [0, 0.05) is 35.0 Å². The summed E-state index contributed by atoms with van der Waals surface area (Å²) in [5.41, 5.74) is 4.17. The van der Waals surface area contributed by atoms with Crippen LogP contribution in [-0.4, -0.2) is 62.7 Å². The van der Waals surface area contributed by atoms with E-state index in [2.05, 4.69) is 36.4 Å². The van der Waals surface area contributed by atoms with Crippen LogP contribution in [-0.2, 0) is 20.8 Å². The molecular weight excluding hydrogens is 512 g/mol. The van der Waals surface area contributed by atoms with Gasteiger partial charge < -0.3 is 14.8 Å². The minimum absolute atomic E-state index is 0.167. The molecule has 0 fully saturated rings. The van der Waals surface area contributed by atoms with Gasteiger partial charge in [-0.1, -0.05) is 23.7 Å². The fraction of sp³-hybridized carbons (Fsp3) is 0.160. The highest BCUT2D eigenvalue weighted by atomic mass is 35.5. The molecule has 0 spiro atoms. The molecule has 12 nitrogen and oxygen atoms in total. The summed E-state index contributed by atoms with van der Waals surface area (Å²) in [6, 6.07) is 14.2. The van der Waals surface area contributed by atoms with Crippen molar-refractivity contribution >= 4 is 35.4 Å². The fourth-order valence-corrected chi connectivity index (χ4v) is 3.49. The molecule has 2 amide bonds. The molecular formula is C25H23ClN8O4. The van der Waals surface area contributed by atoms with Gasteiger partial charge in [0.25, 0.3) is 0 Å². The van der Waals surface area contributed by atoms with Gasteiger partial charge in [0.1, 0.15) is 12.9 Å². The number of carbonyl (C=O) groups excluding carboxylic acids is 2. The van der Waals surface area contributed by atoms with E-state index in [1.165, 1.54) is 24.2 Å². The number of tetrazole rings is 1. The Morgan fingerprint density at radius 3 is 2.66 bits per heavy atom. The number of hydrogen-bond acceptors (Lipinski definition) is 9. The van der Waals surface area contributed by atoms with Crippen LogP contribution in [0.2, 0.25) is 5.02 Å². The second-order valence-corrected chi connectivity index (χ2v) is 8.21. The number of ether oxygens (including phenoxy) is 2. The van der Waals surface area contributed by atoms with Crippen LogP contribution in [0.4, 0.5) is 10.5 Å². The van der Waals surface area contributed by atoms with Crippen LogP contribution in [0.3, 0.4) is 0 Å². The van der Waals surface area contributed by atoms with E-state index < -0.39 is 6.09 Å². The Balaban J connectivity index is 1.35. The van der Waals surface area contributed by atoms with Crippen molar-refractivity contribution in [1.82, 2.24) is 35.7 Å². The van der Waals surface area contributed by atoms with Gasteiger partial charge in [-0.25, -0.2) is 4.79 Å². The summed E-state index contributed by atoms with van der Waals surface area (Å²) in [5, 5.41) is 25.2. The topological polar surface area (TPSA) is 146 Å². The van der Waals surface area contributed by atoms with Crippen LogP contribution in [0.5, 0.6) is 0 Å². The van der Waals surface area contributed by atoms with Crippen molar-refractivity contribution in [2.24, 2.45) is 0 Å². The molecule has 0 unspecified atom stereocenters. The van der Waals surface area contributed by atoms with E-state index in [9.17, 15) is 9.59 Å². The number of anilines is 1. The fourth-order valence-electron chi connectivity index (χ4n) is 3.31. The smallest absolute Gasteiger partial charge is 0.411 e. The second-order valence-electron chi connectivity index (χ2n) is 7.78. The number of halogens is 1. The highest BCUT2D eigenvalue weighted by Gasteiger charge is 2.08. The number of methoxy groups -OCH3 is 1. The molecule has 0 aliphatic carbocycles. The summed E-state index contributed by atoms with van der Waals surface area (Å²) < 4.78 is 11.3. The van der Waals surface area contributed by atoms with E-state index in [0.29, 0.717) is 34.3 Å². The molecule has 13 heteroatoms. The first kappa shape index (κ1) is 26.4. The number of nitrogens with one attached hydrogen (secondary N) is 2. The second kappa shape index (κ2) is 13.0. The Bertz CT molecular complexity index is 1410. The molecule has 0 bridgehead atoms. The zero-order valence-electron chi connectivity index (χ0n) is 20.2. The monoisotopic (exact) mass is 534 g/mol. The zero-order chi connectivity index (χ0) is 26.7. The molecule has 38 heavy (non-hydrogen) atoms. The predicted molar refractivity (Wildman–Crippen MR) is 139 cm³/mol. The van der Waals surface area contributed by atoms with Crippen LogP contribution < -0.4 is 10.6 Å². The summed E-state index contributed by atoms with van der Waals surface area (Å²) in [6.07, 6.45) is 5.53. The van der Waals surface area contributed by atoms with E-state index in [0.717, 1.165) is 11.1 Å². The molecule has 4 aromatic rings. The molecule has 0 atom stereocenters. The number of nitrogens with zero attached hydrogens (tertiary/aromatic N) is 6. The molecule has 0 radical (unpaired) electrons. The lowest BCUT2D eigenvalue weighted by Crippen LogP contribution is -2.21. The van der Waals surface area contributed by atoms with Gasteiger partial charge in [-0.15, -0.1) is 5.10 Å². The Hall–Kier alpha value is -4.68.